The maximum atomic E-state index is 8.96. The average molecular weight is 275 g/mol. The van der Waals surface area contributed by atoms with Crippen molar-refractivity contribution in [3.8, 4) is 0 Å². The van der Waals surface area contributed by atoms with Crippen molar-refractivity contribution in [2.75, 3.05) is 13.2 Å². The van der Waals surface area contributed by atoms with Gasteiger partial charge < -0.3 is 10.4 Å². The molecule has 2 heteroatoms. The van der Waals surface area contributed by atoms with E-state index in [0.717, 1.165) is 18.9 Å². The topological polar surface area (TPSA) is 32.3 Å². The number of aliphatic hydroxyl groups is 1. The highest BCUT2D eigenvalue weighted by Gasteiger charge is 2.26. The van der Waals surface area contributed by atoms with E-state index in [1.54, 1.807) is 0 Å². The molecule has 1 saturated carbocycles. The fourth-order valence-electron chi connectivity index (χ4n) is 3.32. The minimum absolute atomic E-state index is 0.310. The van der Waals surface area contributed by atoms with Gasteiger partial charge in [0, 0.05) is 12.6 Å². The lowest BCUT2D eigenvalue weighted by atomic mass is 9.94. The van der Waals surface area contributed by atoms with Crippen LogP contribution in [0.3, 0.4) is 0 Å². The van der Waals surface area contributed by atoms with Crippen molar-refractivity contribution in [1.82, 2.24) is 5.32 Å². The Kier molecular flexibility index (Phi) is 6.55. The number of nitrogens with one attached hydrogen (secondary N) is 1. The molecular weight excluding hydrogens is 246 g/mol. The van der Waals surface area contributed by atoms with Crippen LogP contribution < -0.4 is 5.32 Å². The van der Waals surface area contributed by atoms with Gasteiger partial charge in [-0.3, -0.25) is 0 Å². The minimum Gasteiger partial charge on any atom is -0.396 e. The Morgan fingerprint density at radius 2 is 2.05 bits per heavy atom. The predicted molar refractivity (Wildman–Crippen MR) is 84.8 cm³/mol. The second-order valence-corrected chi connectivity index (χ2v) is 6.35. The minimum atomic E-state index is 0.310. The van der Waals surface area contributed by atoms with Crippen LogP contribution in [-0.4, -0.2) is 24.3 Å². The number of benzene rings is 1. The zero-order valence-electron chi connectivity index (χ0n) is 12.7. The first-order valence-corrected chi connectivity index (χ1v) is 8.17. The highest BCUT2D eigenvalue weighted by atomic mass is 16.3. The summed E-state index contributed by atoms with van der Waals surface area (Å²) in [7, 11) is 0. The lowest BCUT2D eigenvalue weighted by molar-refractivity contribution is 0.254. The number of hydrogen-bond donors (Lipinski definition) is 2. The SMILES string of the molecule is CC(CCO)CNC1CCCC1CCc1ccccc1. The van der Waals surface area contributed by atoms with Gasteiger partial charge in [-0.25, -0.2) is 0 Å². The molecule has 2 nitrogen and oxygen atoms in total. The summed E-state index contributed by atoms with van der Waals surface area (Å²) in [6, 6.07) is 11.5. The van der Waals surface area contributed by atoms with Gasteiger partial charge in [-0.1, -0.05) is 43.7 Å². The quantitative estimate of drug-likeness (QED) is 0.762. The van der Waals surface area contributed by atoms with Gasteiger partial charge in [-0.15, -0.1) is 0 Å². The van der Waals surface area contributed by atoms with Crippen molar-refractivity contribution in [2.45, 2.75) is 51.5 Å². The van der Waals surface area contributed by atoms with Gasteiger partial charge in [0.1, 0.15) is 0 Å². The van der Waals surface area contributed by atoms with Crippen LogP contribution in [0.25, 0.3) is 0 Å². The second-order valence-electron chi connectivity index (χ2n) is 6.35. The fourth-order valence-corrected chi connectivity index (χ4v) is 3.32. The van der Waals surface area contributed by atoms with Crippen LogP contribution in [0.2, 0.25) is 0 Å². The van der Waals surface area contributed by atoms with Crippen molar-refractivity contribution in [1.29, 1.82) is 0 Å². The van der Waals surface area contributed by atoms with Gasteiger partial charge in [-0.2, -0.15) is 0 Å². The fraction of sp³-hybridized carbons (Fsp3) is 0.667. The van der Waals surface area contributed by atoms with Crippen molar-refractivity contribution < 1.29 is 5.11 Å². The Morgan fingerprint density at radius 1 is 1.25 bits per heavy atom. The first-order chi connectivity index (χ1) is 9.79. The maximum absolute atomic E-state index is 8.96. The van der Waals surface area contributed by atoms with E-state index in [1.807, 2.05) is 0 Å². The zero-order chi connectivity index (χ0) is 14.2. The molecule has 2 rings (SSSR count). The molecule has 3 atom stereocenters. The number of hydrogen-bond acceptors (Lipinski definition) is 2. The normalized spacial score (nSPS) is 23.9. The molecule has 20 heavy (non-hydrogen) atoms. The van der Waals surface area contributed by atoms with Crippen molar-refractivity contribution >= 4 is 0 Å². The Morgan fingerprint density at radius 3 is 2.80 bits per heavy atom. The highest BCUT2D eigenvalue weighted by Crippen LogP contribution is 2.29. The summed E-state index contributed by atoms with van der Waals surface area (Å²) < 4.78 is 0. The molecule has 0 bridgehead atoms. The third-order valence-corrected chi connectivity index (χ3v) is 4.66. The van der Waals surface area contributed by atoms with Crippen molar-refractivity contribution in [3.63, 3.8) is 0 Å². The summed E-state index contributed by atoms with van der Waals surface area (Å²) in [5.74, 6) is 1.41. The van der Waals surface area contributed by atoms with Crippen LogP contribution in [0, 0.1) is 11.8 Å². The Balaban J connectivity index is 1.73. The molecule has 0 aliphatic heterocycles. The van der Waals surface area contributed by atoms with E-state index in [-0.39, 0.29) is 0 Å². The average Bonchev–Trinajstić information content (AvgIpc) is 2.92. The van der Waals surface area contributed by atoms with Crippen molar-refractivity contribution in [3.05, 3.63) is 35.9 Å². The summed E-state index contributed by atoms with van der Waals surface area (Å²) in [5.41, 5.74) is 1.46. The molecule has 0 heterocycles. The van der Waals surface area contributed by atoms with Crippen molar-refractivity contribution in [2.24, 2.45) is 11.8 Å². The van der Waals surface area contributed by atoms with Crippen LogP contribution in [0.5, 0.6) is 0 Å². The third-order valence-electron chi connectivity index (χ3n) is 4.66. The van der Waals surface area contributed by atoms with E-state index in [1.165, 1.54) is 37.7 Å². The molecule has 0 saturated heterocycles. The molecule has 1 fully saturated rings. The monoisotopic (exact) mass is 275 g/mol. The molecule has 112 valence electrons. The lowest BCUT2D eigenvalue weighted by Crippen LogP contribution is -2.35. The highest BCUT2D eigenvalue weighted by molar-refractivity contribution is 5.14. The smallest absolute Gasteiger partial charge is 0.0434 e. The lowest BCUT2D eigenvalue weighted by Gasteiger charge is -2.23. The molecule has 1 aromatic carbocycles. The summed E-state index contributed by atoms with van der Waals surface area (Å²) >= 11 is 0. The van der Waals surface area contributed by atoms with Crippen LogP contribution in [0.1, 0.15) is 44.6 Å². The molecule has 2 N–H and O–H groups in total. The third kappa shape index (κ3) is 4.92. The molecular formula is C18H29NO. The Labute approximate surface area is 123 Å². The van der Waals surface area contributed by atoms with E-state index < -0.39 is 0 Å². The maximum Gasteiger partial charge on any atom is 0.0434 e. The van der Waals surface area contributed by atoms with E-state index in [2.05, 4.69) is 42.6 Å². The molecule has 1 aliphatic carbocycles. The number of aliphatic hydroxyl groups excluding tert-OH is 1. The largest absolute Gasteiger partial charge is 0.396 e. The molecule has 1 aliphatic rings. The Bertz CT molecular complexity index is 365. The van der Waals surface area contributed by atoms with Gasteiger partial charge in [0.2, 0.25) is 0 Å². The first-order valence-electron chi connectivity index (χ1n) is 8.17. The van der Waals surface area contributed by atoms with Gasteiger partial charge in [0.15, 0.2) is 0 Å². The van der Waals surface area contributed by atoms with Gasteiger partial charge >= 0.3 is 0 Å². The molecule has 3 unspecified atom stereocenters. The van der Waals surface area contributed by atoms with Gasteiger partial charge in [0.05, 0.1) is 0 Å². The van der Waals surface area contributed by atoms with Crippen LogP contribution >= 0.6 is 0 Å². The summed E-state index contributed by atoms with van der Waals surface area (Å²) in [6.45, 7) is 3.58. The molecule has 0 amide bonds. The zero-order valence-corrected chi connectivity index (χ0v) is 12.7. The summed E-state index contributed by atoms with van der Waals surface area (Å²) in [5, 5.41) is 12.7. The first kappa shape index (κ1) is 15.5. The summed E-state index contributed by atoms with van der Waals surface area (Å²) in [4.78, 5) is 0. The van der Waals surface area contributed by atoms with Gasteiger partial charge in [-0.05, 0) is 56.0 Å². The van der Waals surface area contributed by atoms with E-state index in [4.69, 9.17) is 5.11 Å². The molecule has 0 aromatic heterocycles. The van der Waals surface area contributed by atoms with E-state index >= 15 is 0 Å². The number of rotatable bonds is 8. The van der Waals surface area contributed by atoms with Crippen LogP contribution in [0.4, 0.5) is 0 Å². The predicted octanol–water partition coefficient (Wildman–Crippen LogP) is 3.40. The summed E-state index contributed by atoms with van der Waals surface area (Å²) in [6.07, 6.45) is 7.48. The van der Waals surface area contributed by atoms with Crippen LogP contribution in [0.15, 0.2) is 30.3 Å². The van der Waals surface area contributed by atoms with E-state index in [9.17, 15) is 0 Å². The van der Waals surface area contributed by atoms with Crippen LogP contribution in [-0.2, 0) is 6.42 Å². The van der Waals surface area contributed by atoms with E-state index in [0.29, 0.717) is 18.6 Å². The second kappa shape index (κ2) is 8.43. The molecule has 0 spiro atoms. The standard InChI is InChI=1S/C18H29NO/c1-15(12-13-20)14-19-18-9-5-8-17(18)11-10-16-6-3-2-4-7-16/h2-4,6-7,15,17-20H,5,8-14H2,1H3. The molecule has 0 radical (unpaired) electrons. The molecule has 1 aromatic rings. The number of aryl methyl sites for hydroxylation is 1. The van der Waals surface area contributed by atoms with Gasteiger partial charge in [0.25, 0.3) is 0 Å². The Hall–Kier alpha value is -0.860.